The molecule has 1 aliphatic carbocycles. The molecule has 5 rings (SSSR count). The van der Waals surface area contributed by atoms with Crippen LogP contribution in [0.15, 0.2) is 57.5 Å². The summed E-state index contributed by atoms with van der Waals surface area (Å²) in [4.78, 5) is 8.58. The van der Waals surface area contributed by atoms with E-state index in [1.807, 2.05) is 18.2 Å². The summed E-state index contributed by atoms with van der Waals surface area (Å²) in [6.45, 7) is 0. The molecule has 122 valence electrons. The summed E-state index contributed by atoms with van der Waals surface area (Å²) < 4.78 is 2.05. The van der Waals surface area contributed by atoms with Crippen molar-refractivity contribution in [3.8, 4) is 11.4 Å². The lowest BCUT2D eigenvalue weighted by atomic mass is 9.90. The van der Waals surface area contributed by atoms with Gasteiger partial charge in [0.25, 0.3) is 0 Å². The highest BCUT2D eigenvalue weighted by molar-refractivity contribution is 9.11. The Bertz CT molecular complexity index is 1150. The van der Waals surface area contributed by atoms with E-state index in [1.54, 1.807) is 0 Å². The lowest BCUT2D eigenvalue weighted by Gasteiger charge is -2.14. The molecule has 3 aromatic carbocycles. The molecule has 1 aromatic heterocycles. The maximum atomic E-state index is 4.99. The number of fused-ring (bicyclic) bond motifs is 6. The number of aryl methyl sites for hydroxylation is 1. The molecule has 0 bridgehead atoms. The van der Waals surface area contributed by atoms with E-state index >= 15 is 0 Å². The van der Waals surface area contributed by atoms with Crippen LogP contribution >= 0.6 is 31.9 Å². The molecule has 0 saturated carbocycles. The van der Waals surface area contributed by atoms with Gasteiger partial charge in [-0.2, -0.15) is 0 Å². The number of aromatic nitrogens is 2. The number of hydrogen-bond donors (Lipinski definition) is 1. The van der Waals surface area contributed by atoms with Gasteiger partial charge in [0, 0.05) is 25.5 Å². The third-order valence-electron chi connectivity index (χ3n) is 4.85. The minimum absolute atomic E-state index is 0.881. The number of imidazole rings is 1. The zero-order valence-corrected chi connectivity index (χ0v) is 16.5. The van der Waals surface area contributed by atoms with Crippen LogP contribution in [0, 0.1) is 0 Å². The van der Waals surface area contributed by atoms with Crippen LogP contribution in [-0.2, 0) is 6.42 Å². The standard InChI is InChI=1S/C21H14Br2N2/c22-16-10-5-11-17(23)18(16)21-24-19-14-8-3-1-6-12(14)13-7-2-4-9-15(13)20(19)25-21/h1,3-6,8-11H,2,7H2,(H,24,25). The predicted octanol–water partition coefficient (Wildman–Crippen LogP) is 6.87. The van der Waals surface area contributed by atoms with Gasteiger partial charge in [0.2, 0.25) is 0 Å². The van der Waals surface area contributed by atoms with Crippen molar-refractivity contribution >= 4 is 59.7 Å². The highest BCUT2D eigenvalue weighted by atomic mass is 79.9. The molecule has 0 spiro atoms. The average molecular weight is 454 g/mol. The number of nitrogens with one attached hydrogen (secondary N) is 1. The molecule has 25 heavy (non-hydrogen) atoms. The molecule has 0 fully saturated rings. The first kappa shape index (κ1) is 15.4. The van der Waals surface area contributed by atoms with Crippen LogP contribution in [0.5, 0.6) is 0 Å². The number of allylic oxidation sites excluding steroid dienone is 1. The zero-order chi connectivity index (χ0) is 17.0. The number of hydrogen-bond acceptors (Lipinski definition) is 1. The molecule has 4 aromatic rings. The Labute approximate surface area is 162 Å². The van der Waals surface area contributed by atoms with Gasteiger partial charge in [-0.1, -0.05) is 42.5 Å². The fourth-order valence-corrected chi connectivity index (χ4v) is 5.11. The van der Waals surface area contributed by atoms with Crippen LogP contribution in [0.1, 0.15) is 17.5 Å². The van der Waals surface area contributed by atoms with Crippen molar-refractivity contribution in [3.63, 3.8) is 0 Å². The molecule has 0 aliphatic heterocycles. The Morgan fingerprint density at radius 2 is 1.68 bits per heavy atom. The first-order valence-corrected chi connectivity index (χ1v) is 9.87. The second-order valence-corrected chi connectivity index (χ2v) is 7.99. The number of nitrogens with zero attached hydrogens (tertiary/aromatic N) is 1. The van der Waals surface area contributed by atoms with Gasteiger partial charge in [-0.15, -0.1) is 0 Å². The summed E-state index contributed by atoms with van der Waals surface area (Å²) in [5.74, 6) is 0.881. The Morgan fingerprint density at radius 3 is 2.48 bits per heavy atom. The van der Waals surface area contributed by atoms with Crippen LogP contribution in [0.3, 0.4) is 0 Å². The maximum absolute atomic E-state index is 4.99. The van der Waals surface area contributed by atoms with E-state index in [0.29, 0.717) is 0 Å². The van der Waals surface area contributed by atoms with E-state index in [1.165, 1.54) is 21.9 Å². The Kier molecular flexibility index (Phi) is 3.57. The second kappa shape index (κ2) is 5.82. The van der Waals surface area contributed by atoms with Gasteiger partial charge in [-0.25, -0.2) is 4.98 Å². The van der Waals surface area contributed by atoms with Gasteiger partial charge < -0.3 is 4.98 Å². The summed E-state index contributed by atoms with van der Waals surface area (Å²) >= 11 is 7.32. The predicted molar refractivity (Wildman–Crippen MR) is 112 cm³/mol. The third kappa shape index (κ3) is 2.31. The monoisotopic (exact) mass is 452 g/mol. The van der Waals surface area contributed by atoms with E-state index in [9.17, 15) is 0 Å². The van der Waals surface area contributed by atoms with Crippen molar-refractivity contribution in [1.82, 2.24) is 9.97 Å². The lowest BCUT2D eigenvalue weighted by Crippen LogP contribution is -1.97. The first-order chi connectivity index (χ1) is 12.2. The van der Waals surface area contributed by atoms with Gasteiger partial charge >= 0.3 is 0 Å². The molecular formula is C21H14Br2N2. The molecule has 0 saturated heterocycles. The van der Waals surface area contributed by atoms with Crippen LogP contribution in [0.2, 0.25) is 0 Å². The smallest absolute Gasteiger partial charge is 0.140 e. The molecule has 0 unspecified atom stereocenters. The fourth-order valence-electron chi connectivity index (χ4n) is 3.74. The van der Waals surface area contributed by atoms with Crippen molar-refractivity contribution in [2.45, 2.75) is 12.8 Å². The average Bonchev–Trinajstić information content (AvgIpc) is 3.07. The zero-order valence-electron chi connectivity index (χ0n) is 13.3. The number of rotatable bonds is 1. The Hall–Kier alpha value is -1.91. The number of benzene rings is 3. The molecule has 0 atom stereocenters. The number of H-pyrrole nitrogens is 1. The first-order valence-electron chi connectivity index (χ1n) is 8.28. The van der Waals surface area contributed by atoms with E-state index in [4.69, 9.17) is 4.98 Å². The Morgan fingerprint density at radius 1 is 0.920 bits per heavy atom. The van der Waals surface area contributed by atoms with Gasteiger partial charge in [-0.05, 0) is 67.8 Å². The maximum Gasteiger partial charge on any atom is 0.140 e. The van der Waals surface area contributed by atoms with Crippen LogP contribution < -0.4 is 0 Å². The molecule has 0 amide bonds. The fraction of sp³-hybridized carbons (Fsp3) is 0.0952. The molecule has 4 heteroatoms. The summed E-state index contributed by atoms with van der Waals surface area (Å²) in [5.41, 5.74) is 5.92. The van der Waals surface area contributed by atoms with E-state index in [2.05, 4.69) is 73.3 Å². The lowest BCUT2D eigenvalue weighted by molar-refractivity contribution is 0.999. The van der Waals surface area contributed by atoms with Crippen molar-refractivity contribution in [2.24, 2.45) is 0 Å². The summed E-state index contributed by atoms with van der Waals surface area (Å²) in [6, 6.07) is 14.7. The highest BCUT2D eigenvalue weighted by Gasteiger charge is 2.19. The second-order valence-electron chi connectivity index (χ2n) is 6.28. The SMILES string of the molecule is Brc1cccc(Br)c1-c1nc2c([nH]1)c1c(c3ccccc32)CCC=C1. The largest absolute Gasteiger partial charge is 0.337 e. The van der Waals surface area contributed by atoms with Crippen molar-refractivity contribution < 1.29 is 0 Å². The van der Waals surface area contributed by atoms with E-state index in [-0.39, 0.29) is 0 Å². The molecule has 1 N–H and O–H groups in total. The van der Waals surface area contributed by atoms with Crippen molar-refractivity contribution in [2.75, 3.05) is 0 Å². The molecule has 1 heterocycles. The summed E-state index contributed by atoms with van der Waals surface area (Å²) in [6.07, 6.45) is 6.67. The van der Waals surface area contributed by atoms with Crippen LogP contribution in [0.4, 0.5) is 0 Å². The number of halogens is 2. The highest BCUT2D eigenvalue weighted by Crippen LogP contribution is 2.39. The van der Waals surface area contributed by atoms with Gasteiger partial charge in [-0.3, -0.25) is 0 Å². The van der Waals surface area contributed by atoms with Crippen molar-refractivity contribution in [3.05, 3.63) is 68.6 Å². The van der Waals surface area contributed by atoms with Crippen LogP contribution in [0.25, 0.3) is 39.3 Å². The number of aromatic amines is 1. The van der Waals surface area contributed by atoms with Gasteiger partial charge in [0.1, 0.15) is 5.82 Å². The summed E-state index contributed by atoms with van der Waals surface area (Å²) in [7, 11) is 0. The molecule has 2 nitrogen and oxygen atoms in total. The normalized spacial score (nSPS) is 13.5. The van der Waals surface area contributed by atoms with E-state index in [0.717, 1.165) is 44.2 Å². The van der Waals surface area contributed by atoms with E-state index < -0.39 is 0 Å². The minimum Gasteiger partial charge on any atom is -0.337 e. The van der Waals surface area contributed by atoms with Gasteiger partial charge in [0.05, 0.1) is 11.0 Å². The molecule has 0 radical (unpaired) electrons. The van der Waals surface area contributed by atoms with Crippen LogP contribution in [-0.4, -0.2) is 9.97 Å². The molecular weight excluding hydrogens is 440 g/mol. The minimum atomic E-state index is 0.881. The summed E-state index contributed by atoms with van der Waals surface area (Å²) in [5, 5.41) is 2.54. The molecule has 1 aliphatic rings. The third-order valence-corrected chi connectivity index (χ3v) is 6.17. The van der Waals surface area contributed by atoms with Crippen molar-refractivity contribution in [1.29, 1.82) is 0 Å². The van der Waals surface area contributed by atoms with Gasteiger partial charge in [0.15, 0.2) is 0 Å². The quantitative estimate of drug-likeness (QED) is 0.334. The Balaban J connectivity index is 1.92. The topological polar surface area (TPSA) is 28.7 Å².